The van der Waals surface area contributed by atoms with Crippen LogP contribution in [0.25, 0.3) is 17.1 Å². The summed E-state index contributed by atoms with van der Waals surface area (Å²) in [6, 6.07) is 0. The number of aromatic nitrogens is 3. The molecule has 2 aromatic heterocycles. The van der Waals surface area contributed by atoms with E-state index in [2.05, 4.69) is 15.0 Å². The number of nitrogens with two attached hydrogens (primary N) is 1. The number of hydrogen-bond acceptors (Lipinski definition) is 7. The normalized spacial score (nSPS) is 11.5. The van der Waals surface area contributed by atoms with Gasteiger partial charge in [-0.05, 0) is 13.8 Å². The second-order valence-corrected chi connectivity index (χ2v) is 4.45. The lowest BCUT2D eigenvalue weighted by atomic mass is 10.1. The largest absolute Gasteiger partial charge is 0.495 e. The number of aryl methyl sites for hydroxylation is 1. The number of nitrogens with zero attached hydrogens (tertiary/aromatic N) is 3. The first-order chi connectivity index (χ1) is 9.97. The maximum absolute atomic E-state index is 11.8. The molecule has 0 radical (unpaired) electrons. The predicted octanol–water partition coefficient (Wildman–Crippen LogP) is 1.45. The summed E-state index contributed by atoms with van der Waals surface area (Å²) in [6.45, 7) is 3.54. The number of allylic oxidation sites excluding steroid dienone is 1. The Bertz CT molecular complexity index is 737. The number of esters is 1. The minimum absolute atomic E-state index is 0.234. The Hall–Kier alpha value is -2.70. The SMILES string of the molecule is COC(=O)c1cnc2nc(/C=C(/C)N)nc(C)c2c1OC. The van der Waals surface area contributed by atoms with E-state index in [0.717, 1.165) is 0 Å². The maximum Gasteiger partial charge on any atom is 0.343 e. The Kier molecular flexibility index (Phi) is 4.02. The number of methoxy groups -OCH3 is 2. The van der Waals surface area contributed by atoms with E-state index in [4.69, 9.17) is 15.2 Å². The predicted molar refractivity (Wildman–Crippen MR) is 77.8 cm³/mol. The van der Waals surface area contributed by atoms with Gasteiger partial charge in [-0.2, -0.15) is 0 Å². The van der Waals surface area contributed by atoms with Crippen LogP contribution in [0.1, 0.15) is 28.8 Å². The first-order valence-electron chi connectivity index (χ1n) is 6.21. The Morgan fingerprint density at radius 2 is 2.05 bits per heavy atom. The van der Waals surface area contributed by atoms with Crippen molar-refractivity contribution in [1.82, 2.24) is 15.0 Å². The number of fused-ring (bicyclic) bond motifs is 1. The van der Waals surface area contributed by atoms with Crippen molar-refractivity contribution in [2.24, 2.45) is 5.73 Å². The molecule has 2 aromatic rings. The van der Waals surface area contributed by atoms with Crippen LogP contribution in [0.3, 0.4) is 0 Å². The van der Waals surface area contributed by atoms with Gasteiger partial charge in [0.1, 0.15) is 11.3 Å². The van der Waals surface area contributed by atoms with E-state index < -0.39 is 5.97 Å². The van der Waals surface area contributed by atoms with E-state index in [-0.39, 0.29) is 5.56 Å². The minimum atomic E-state index is -0.526. The molecule has 0 spiro atoms. The lowest BCUT2D eigenvalue weighted by Gasteiger charge is -2.11. The van der Waals surface area contributed by atoms with Gasteiger partial charge in [0.25, 0.3) is 0 Å². The Morgan fingerprint density at radius 3 is 2.62 bits per heavy atom. The van der Waals surface area contributed by atoms with Gasteiger partial charge in [-0.15, -0.1) is 0 Å². The standard InChI is InChI=1S/C14H16N4O3/c1-7(15)5-10-17-8(2)11-12(20-3)9(14(19)21-4)6-16-13(11)18-10/h5-6H,15H2,1-4H3/b7-5-. The monoisotopic (exact) mass is 288 g/mol. The number of rotatable bonds is 3. The Balaban J connectivity index is 2.76. The van der Waals surface area contributed by atoms with Crippen LogP contribution in [0.5, 0.6) is 5.75 Å². The first-order valence-corrected chi connectivity index (χ1v) is 6.21. The fourth-order valence-electron chi connectivity index (χ4n) is 1.99. The zero-order chi connectivity index (χ0) is 15.6. The zero-order valence-corrected chi connectivity index (χ0v) is 12.3. The molecule has 7 heteroatoms. The van der Waals surface area contributed by atoms with E-state index in [1.807, 2.05) is 0 Å². The smallest absolute Gasteiger partial charge is 0.343 e. The number of hydrogen-bond donors (Lipinski definition) is 1. The van der Waals surface area contributed by atoms with E-state index >= 15 is 0 Å². The summed E-state index contributed by atoms with van der Waals surface area (Å²) in [5.74, 6) is 0.284. The number of pyridine rings is 1. The topological polar surface area (TPSA) is 100 Å². The van der Waals surface area contributed by atoms with Gasteiger partial charge >= 0.3 is 5.97 Å². The summed E-state index contributed by atoms with van der Waals surface area (Å²) in [5.41, 5.74) is 7.53. The van der Waals surface area contributed by atoms with Crippen LogP contribution in [-0.4, -0.2) is 35.1 Å². The van der Waals surface area contributed by atoms with Crippen LogP contribution >= 0.6 is 0 Å². The molecule has 0 atom stereocenters. The van der Waals surface area contributed by atoms with Crippen molar-refractivity contribution in [3.05, 3.63) is 29.0 Å². The van der Waals surface area contributed by atoms with Gasteiger partial charge in [-0.3, -0.25) is 0 Å². The molecule has 0 saturated heterocycles. The van der Waals surface area contributed by atoms with Gasteiger partial charge in [0.2, 0.25) is 0 Å². The van der Waals surface area contributed by atoms with E-state index in [1.54, 1.807) is 19.9 Å². The van der Waals surface area contributed by atoms with Gasteiger partial charge in [-0.25, -0.2) is 19.7 Å². The van der Waals surface area contributed by atoms with E-state index in [9.17, 15) is 4.79 Å². The second-order valence-electron chi connectivity index (χ2n) is 4.45. The molecule has 0 aliphatic rings. The third kappa shape index (κ3) is 2.76. The van der Waals surface area contributed by atoms with Crippen molar-refractivity contribution in [3.63, 3.8) is 0 Å². The lowest BCUT2D eigenvalue weighted by Crippen LogP contribution is -2.07. The molecule has 0 saturated carbocycles. The van der Waals surface area contributed by atoms with Gasteiger partial charge in [0, 0.05) is 18.0 Å². The van der Waals surface area contributed by atoms with Crippen LogP contribution in [0.15, 0.2) is 11.9 Å². The van der Waals surface area contributed by atoms with Crippen molar-refractivity contribution in [2.45, 2.75) is 13.8 Å². The number of carbonyl (C=O) groups is 1. The fourth-order valence-corrected chi connectivity index (χ4v) is 1.99. The van der Waals surface area contributed by atoms with Gasteiger partial charge in [-0.1, -0.05) is 0 Å². The summed E-state index contributed by atoms with van der Waals surface area (Å²) in [7, 11) is 2.77. The molecule has 21 heavy (non-hydrogen) atoms. The minimum Gasteiger partial charge on any atom is -0.495 e. The molecule has 0 unspecified atom stereocenters. The number of carbonyl (C=O) groups excluding carboxylic acids is 1. The molecule has 0 aliphatic carbocycles. The van der Waals surface area contributed by atoms with Crippen LogP contribution in [0, 0.1) is 6.92 Å². The summed E-state index contributed by atoms with van der Waals surface area (Å²) >= 11 is 0. The van der Waals surface area contributed by atoms with Crippen LogP contribution in [0.4, 0.5) is 0 Å². The van der Waals surface area contributed by atoms with Crippen LogP contribution in [0.2, 0.25) is 0 Å². The molecule has 2 rings (SSSR count). The molecule has 0 amide bonds. The van der Waals surface area contributed by atoms with Crippen LogP contribution < -0.4 is 10.5 Å². The lowest BCUT2D eigenvalue weighted by molar-refractivity contribution is 0.0597. The molecule has 0 bridgehead atoms. The highest BCUT2D eigenvalue weighted by molar-refractivity contribution is 5.99. The summed E-state index contributed by atoms with van der Waals surface area (Å²) in [5, 5.41) is 0.576. The summed E-state index contributed by atoms with van der Waals surface area (Å²) in [6.07, 6.45) is 3.02. The third-order valence-corrected chi connectivity index (χ3v) is 2.84. The molecule has 7 nitrogen and oxygen atoms in total. The van der Waals surface area contributed by atoms with Crippen molar-refractivity contribution < 1.29 is 14.3 Å². The maximum atomic E-state index is 11.8. The molecule has 0 fully saturated rings. The van der Waals surface area contributed by atoms with E-state index in [0.29, 0.717) is 34.0 Å². The van der Waals surface area contributed by atoms with Crippen molar-refractivity contribution >= 4 is 23.1 Å². The first kappa shape index (κ1) is 14.7. The number of ether oxygens (including phenoxy) is 2. The molecular formula is C14H16N4O3. The highest BCUT2D eigenvalue weighted by Gasteiger charge is 2.19. The Morgan fingerprint density at radius 1 is 1.33 bits per heavy atom. The Labute approximate surface area is 121 Å². The fraction of sp³-hybridized carbons (Fsp3) is 0.286. The van der Waals surface area contributed by atoms with Crippen molar-refractivity contribution in [2.75, 3.05) is 14.2 Å². The quantitative estimate of drug-likeness (QED) is 0.853. The highest BCUT2D eigenvalue weighted by Crippen LogP contribution is 2.29. The zero-order valence-electron chi connectivity index (χ0n) is 12.3. The molecule has 110 valence electrons. The van der Waals surface area contributed by atoms with Crippen molar-refractivity contribution in [1.29, 1.82) is 0 Å². The third-order valence-electron chi connectivity index (χ3n) is 2.84. The van der Waals surface area contributed by atoms with Crippen molar-refractivity contribution in [3.8, 4) is 5.75 Å². The van der Waals surface area contributed by atoms with Gasteiger partial charge in [0.05, 0.1) is 25.3 Å². The summed E-state index contributed by atoms with van der Waals surface area (Å²) < 4.78 is 10.0. The molecule has 0 aromatic carbocycles. The average Bonchev–Trinajstić information content (AvgIpc) is 2.44. The molecule has 0 aliphatic heterocycles. The van der Waals surface area contributed by atoms with Crippen LogP contribution in [-0.2, 0) is 4.74 Å². The molecule has 2 N–H and O–H groups in total. The van der Waals surface area contributed by atoms with Gasteiger partial charge in [0.15, 0.2) is 11.5 Å². The highest BCUT2D eigenvalue weighted by atomic mass is 16.5. The van der Waals surface area contributed by atoms with E-state index in [1.165, 1.54) is 20.4 Å². The average molecular weight is 288 g/mol. The summed E-state index contributed by atoms with van der Waals surface area (Å²) in [4.78, 5) is 24.6. The second kappa shape index (κ2) is 5.74. The van der Waals surface area contributed by atoms with Gasteiger partial charge < -0.3 is 15.2 Å². The molecular weight excluding hydrogens is 272 g/mol. The molecule has 2 heterocycles.